The Bertz CT molecular complexity index is 1170. The molecule has 3 aromatic carbocycles. The highest BCUT2D eigenvalue weighted by Crippen LogP contribution is 2.13. The Labute approximate surface area is 187 Å². The predicted octanol–water partition coefficient (Wildman–Crippen LogP) is 3.07. The normalized spacial score (nSPS) is 10.5. The van der Waals surface area contributed by atoms with Crippen molar-refractivity contribution in [2.75, 3.05) is 17.2 Å². The molecule has 0 aromatic heterocycles. The number of anilines is 2. The van der Waals surface area contributed by atoms with Crippen molar-refractivity contribution in [2.24, 2.45) is 5.10 Å². The second-order valence-corrected chi connectivity index (χ2v) is 6.58. The first kappa shape index (κ1) is 23.1. The van der Waals surface area contributed by atoms with Crippen molar-refractivity contribution in [1.82, 2.24) is 5.43 Å². The zero-order valence-corrected chi connectivity index (χ0v) is 17.0. The van der Waals surface area contributed by atoms with Gasteiger partial charge in [-0.25, -0.2) is 14.2 Å². The summed E-state index contributed by atoms with van der Waals surface area (Å²) in [5, 5.41) is 8.58. The number of hydrogen-bond donors (Lipinski definition) is 3. The molecule has 0 saturated carbocycles. The van der Waals surface area contributed by atoms with Crippen molar-refractivity contribution >= 4 is 35.3 Å². The Morgan fingerprint density at radius 3 is 2.06 bits per heavy atom. The maximum absolute atomic E-state index is 12.9. The minimum absolute atomic E-state index is 0.258. The zero-order valence-electron chi connectivity index (χ0n) is 17.0. The molecule has 0 fully saturated rings. The molecule has 0 bridgehead atoms. The first-order valence-electron chi connectivity index (χ1n) is 9.57. The molecule has 0 aliphatic rings. The highest BCUT2D eigenvalue weighted by molar-refractivity contribution is 6.39. The quantitative estimate of drug-likeness (QED) is 0.291. The molecule has 0 unspecified atom stereocenters. The summed E-state index contributed by atoms with van der Waals surface area (Å²) in [6.45, 7) is -0.279. The Kier molecular flexibility index (Phi) is 7.79. The number of nitrogens with zero attached hydrogens (tertiary/aromatic N) is 1. The predicted molar refractivity (Wildman–Crippen MR) is 118 cm³/mol. The highest BCUT2D eigenvalue weighted by atomic mass is 19.1. The Balaban J connectivity index is 1.47. The first-order chi connectivity index (χ1) is 15.9. The molecule has 0 spiro atoms. The van der Waals surface area contributed by atoms with E-state index in [-0.39, 0.29) is 12.3 Å². The third-order valence-electron chi connectivity index (χ3n) is 4.04. The van der Waals surface area contributed by atoms with Gasteiger partial charge in [-0.05, 0) is 66.2 Å². The molecule has 0 aliphatic heterocycles. The highest BCUT2D eigenvalue weighted by Gasteiger charge is 2.12. The molecular weight excluding hydrogens is 434 g/mol. The van der Waals surface area contributed by atoms with Gasteiger partial charge in [0.25, 0.3) is 5.91 Å². The van der Waals surface area contributed by atoms with Crippen LogP contribution in [0.15, 0.2) is 77.9 Å². The van der Waals surface area contributed by atoms with Gasteiger partial charge in [-0.2, -0.15) is 5.10 Å². The number of nitrogens with one attached hydrogen (secondary N) is 3. The summed E-state index contributed by atoms with van der Waals surface area (Å²) in [5.41, 5.74) is 3.30. The van der Waals surface area contributed by atoms with E-state index in [1.54, 1.807) is 24.3 Å². The van der Waals surface area contributed by atoms with E-state index in [0.717, 1.165) is 12.1 Å². The lowest BCUT2D eigenvalue weighted by atomic mass is 10.2. The molecule has 10 heteroatoms. The summed E-state index contributed by atoms with van der Waals surface area (Å²) < 4.78 is 31.2. The fraction of sp³-hybridized carbons (Fsp3) is 0.0435. The van der Waals surface area contributed by atoms with Crippen molar-refractivity contribution in [3.8, 4) is 5.75 Å². The standard InChI is InChI=1S/C23H18F2N4O4/c24-16-4-8-18(9-5-16)27-21(30)14-33-20-3-1-2-15(12-20)13-26-29-23(32)22(31)28-19-10-6-17(25)7-11-19/h1-13H,14H2,(H,27,30)(H,28,31)(H,29,32)/b26-13-. The van der Waals surface area contributed by atoms with Crippen LogP contribution in [-0.2, 0) is 14.4 Å². The van der Waals surface area contributed by atoms with E-state index >= 15 is 0 Å². The first-order valence-corrected chi connectivity index (χ1v) is 9.57. The van der Waals surface area contributed by atoms with Crippen LogP contribution in [0.4, 0.5) is 20.2 Å². The second-order valence-electron chi connectivity index (χ2n) is 6.58. The minimum atomic E-state index is -1.01. The van der Waals surface area contributed by atoms with E-state index in [9.17, 15) is 23.2 Å². The average molecular weight is 452 g/mol. The lowest BCUT2D eigenvalue weighted by molar-refractivity contribution is -0.136. The number of halogens is 2. The van der Waals surface area contributed by atoms with E-state index in [2.05, 4.69) is 21.2 Å². The third-order valence-corrected chi connectivity index (χ3v) is 4.04. The SMILES string of the molecule is O=C(COc1cccc(/C=N\NC(=O)C(=O)Nc2ccc(F)cc2)c1)Nc1ccc(F)cc1. The monoisotopic (exact) mass is 452 g/mol. The number of hydrogen-bond acceptors (Lipinski definition) is 5. The van der Waals surface area contributed by atoms with Crippen LogP contribution in [0.3, 0.4) is 0 Å². The number of ether oxygens (including phenoxy) is 1. The smallest absolute Gasteiger partial charge is 0.329 e. The second kappa shape index (κ2) is 11.1. The maximum atomic E-state index is 12.9. The summed E-state index contributed by atoms with van der Waals surface area (Å²) in [6.07, 6.45) is 1.29. The van der Waals surface area contributed by atoms with Crippen molar-refractivity contribution < 1.29 is 27.9 Å². The molecule has 8 nitrogen and oxygen atoms in total. The van der Waals surface area contributed by atoms with Crippen LogP contribution in [0.1, 0.15) is 5.56 Å². The molecule has 0 radical (unpaired) electrons. The van der Waals surface area contributed by atoms with Gasteiger partial charge in [0.15, 0.2) is 6.61 Å². The van der Waals surface area contributed by atoms with Crippen LogP contribution in [0.25, 0.3) is 0 Å². The summed E-state index contributed by atoms with van der Waals surface area (Å²) in [6, 6.07) is 16.7. The van der Waals surface area contributed by atoms with Crippen LogP contribution < -0.4 is 20.8 Å². The number of benzene rings is 3. The molecule has 3 aromatic rings. The number of amides is 3. The van der Waals surface area contributed by atoms with Crippen molar-refractivity contribution in [3.05, 3.63) is 90.0 Å². The van der Waals surface area contributed by atoms with Gasteiger partial charge in [0.05, 0.1) is 6.21 Å². The topological polar surface area (TPSA) is 109 Å². The van der Waals surface area contributed by atoms with Crippen molar-refractivity contribution in [2.45, 2.75) is 0 Å². The van der Waals surface area contributed by atoms with Gasteiger partial charge in [0.1, 0.15) is 17.4 Å². The molecule has 0 saturated heterocycles. The van der Waals surface area contributed by atoms with Crippen LogP contribution in [0.5, 0.6) is 5.75 Å². The lowest BCUT2D eigenvalue weighted by Gasteiger charge is -2.08. The average Bonchev–Trinajstić information content (AvgIpc) is 2.81. The number of rotatable bonds is 7. The molecular formula is C23H18F2N4O4. The summed E-state index contributed by atoms with van der Waals surface area (Å²) in [4.78, 5) is 35.6. The van der Waals surface area contributed by atoms with Gasteiger partial charge in [0.2, 0.25) is 0 Å². The zero-order chi connectivity index (χ0) is 23.6. The van der Waals surface area contributed by atoms with Gasteiger partial charge in [-0.1, -0.05) is 12.1 Å². The van der Waals surface area contributed by atoms with Crippen LogP contribution in [-0.4, -0.2) is 30.5 Å². The Morgan fingerprint density at radius 1 is 0.818 bits per heavy atom. The molecule has 3 rings (SSSR count). The fourth-order valence-electron chi connectivity index (χ4n) is 2.50. The van der Waals surface area contributed by atoms with E-state index in [1.807, 2.05) is 0 Å². The number of carbonyl (C=O) groups is 3. The molecule has 3 amide bonds. The van der Waals surface area contributed by atoms with Crippen LogP contribution >= 0.6 is 0 Å². The number of hydrazone groups is 1. The van der Waals surface area contributed by atoms with E-state index in [1.165, 1.54) is 42.6 Å². The van der Waals surface area contributed by atoms with Crippen molar-refractivity contribution in [3.63, 3.8) is 0 Å². The minimum Gasteiger partial charge on any atom is -0.484 e. The Hall–Kier alpha value is -4.60. The molecule has 0 atom stereocenters. The molecule has 3 N–H and O–H groups in total. The maximum Gasteiger partial charge on any atom is 0.329 e. The van der Waals surface area contributed by atoms with E-state index < -0.39 is 29.4 Å². The van der Waals surface area contributed by atoms with Crippen LogP contribution in [0.2, 0.25) is 0 Å². The van der Waals surface area contributed by atoms with Gasteiger partial charge >= 0.3 is 11.8 Å². The van der Waals surface area contributed by atoms with Gasteiger partial charge in [-0.3, -0.25) is 14.4 Å². The molecule has 33 heavy (non-hydrogen) atoms. The van der Waals surface area contributed by atoms with E-state index in [4.69, 9.17) is 4.74 Å². The van der Waals surface area contributed by atoms with Gasteiger partial charge in [-0.15, -0.1) is 0 Å². The molecule has 0 aliphatic carbocycles. The largest absolute Gasteiger partial charge is 0.484 e. The lowest BCUT2D eigenvalue weighted by Crippen LogP contribution is -2.32. The molecule has 168 valence electrons. The van der Waals surface area contributed by atoms with E-state index in [0.29, 0.717) is 17.0 Å². The summed E-state index contributed by atoms with van der Waals surface area (Å²) in [7, 11) is 0. The third kappa shape index (κ3) is 7.55. The van der Waals surface area contributed by atoms with Gasteiger partial charge in [0, 0.05) is 11.4 Å². The summed E-state index contributed by atoms with van der Waals surface area (Å²) in [5.74, 6) is -2.92. The van der Waals surface area contributed by atoms with Gasteiger partial charge < -0.3 is 15.4 Å². The van der Waals surface area contributed by atoms with Crippen molar-refractivity contribution in [1.29, 1.82) is 0 Å². The summed E-state index contributed by atoms with van der Waals surface area (Å²) >= 11 is 0. The fourth-order valence-corrected chi connectivity index (χ4v) is 2.50. The number of carbonyl (C=O) groups excluding carboxylic acids is 3. The Morgan fingerprint density at radius 2 is 1.42 bits per heavy atom. The van der Waals surface area contributed by atoms with Crippen LogP contribution in [0, 0.1) is 11.6 Å². The molecule has 0 heterocycles.